The van der Waals surface area contributed by atoms with Crippen LogP contribution in [0.4, 0.5) is 0 Å². The summed E-state index contributed by atoms with van der Waals surface area (Å²) in [6, 6.07) is 5.43. The van der Waals surface area contributed by atoms with Crippen LogP contribution < -0.4 is 10.5 Å². The number of hydrogen-bond acceptors (Lipinski definition) is 2. The quantitative estimate of drug-likeness (QED) is 0.796. The smallest absolute Gasteiger partial charge is 0.124 e. The number of halogens is 1. The Labute approximate surface area is 102 Å². The van der Waals surface area contributed by atoms with Crippen LogP contribution in [0.15, 0.2) is 30.4 Å². The molecule has 3 heteroatoms. The van der Waals surface area contributed by atoms with E-state index in [9.17, 15) is 0 Å². The van der Waals surface area contributed by atoms with Crippen molar-refractivity contribution in [1.82, 2.24) is 0 Å². The molecule has 0 heterocycles. The Kier molecular flexibility index (Phi) is 4.84. The summed E-state index contributed by atoms with van der Waals surface area (Å²) in [7, 11) is 0. The van der Waals surface area contributed by atoms with Crippen LogP contribution in [-0.4, -0.2) is 6.61 Å². The average Bonchev–Trinajstić information content (AvgIpc) is 2.19. The second-order valence-corrected chi connectivity index (χ2v) is 4.46. The summed E-state index contributed by atoms with van der Waals surface area (Å²) < 4.78 is 5.66. The number of benzene rings is 1. The van der Waals surface area contributed by atoms with Crippen molar-refractivity contribution in [2.45, 2.75) is 26.3 Å². The molecule has 0 aliphatic carbocycles. The molecular weight excluding hydrogens is 222 g/mol. The highest BCUT2D eigenvalue weighted by Gasteiger charge is 2.08. The van der Waals surface area contributed by atoms with E-state index in [-0.39, 0.29) is 6.04 Å². The summed E-state index contributed by atoms with van der Waals surface area (Å²) in [4.78, 5) is 0. The zero-order valence-corrected chi connectivity index (χ0v) is 10.6. The Bertz CT molecular complexity index is 374. The van der Waals surface area contributed by atoms with E-state index < -0.39 is 0 Å². The Balaban J connectivity index is 2.74. The van der Waals surface area contributed by atoms with Gasteiger partial charge in [-0.05, 0) is 32.0 Å². The second kappa shape index (κ2) is 5.92. The molecule has 0 aliphatic heterocycles. The maximum atomic E-state index is 5.92. The molecule has 0 amide bonds. The van der Waals surface area contributed by atoms with E-state index >= 15 is 0 Å². The van der Waals surface area contributed by atoms with Crippen LogP contribution in [0.1, 0.15) is 31.9 Å². The first kappa shape index (κ1) is 13.1. The van der Waals surface area contributed by atoms with Gasteiger partial charge in [0.2, 0.25) is 0 Å². The van der Waals surface area contributed by atoms with Gasteiger partial charge in [0, 0.05) is 23.0 Å². The lowest BCUT2D eigenvalue weighted by Crippen LogP contribution is -2.08. The number of ether oxygens (including phenoxy) is 1. The van der Waals surface area contributed by atoms with Crippen molar-refractivity contribution < 1.29 is 4.74 Å². The molecule has 0 saturated heterocycles. The van der Waals surface area contributed by atoms with Gasteiger partial charge in [0.1, 0.15) is 5.75 Å². The molecule has 0 saturated carbocycles. The van der Waals surface area contributed by atoms with E-state index in [4.69, 9.17) is 22.1 Å². The van der Waals surface area contributed by atoms with Crippen LogP contribution in [0.2, 0.25) is 5.02 Å². The molecule has 2 nitrogen and oxygen atoms in total. The molecule has 0 aliphatic rings. The summed E-state index contributed by atoms with van der Waals surface area (Å²) in [6.07, 6.45) is 0.848. The molecule has 1 aromatic carbocycles. The van der Waals surface area contributed by atoms with Gasteiger partial charge in [-0.25, -0.2) is 0 Å². The van der Waals surface area contributed by atoms with Crippen molar-refractivity contribution in [2.75, 3.05) is 6.61 Å². The van der Waals surface area contributed by atoms with Crippen molar-refractivity contribution in [3.63, 3.8) is 0 Å². The first-order valence-electron chi connectivity index (χ1n) is 5.33. The molecule has 0 radical (unpaired) electrons. The summed E-state index contributed by atoms with van der Waals surface area (Å²) >= 11 is 5.92. The Morgan fingerprint density at radius 1 is 1.56 bits per heavy atom. The van der Waals surface area contributed by atoms with E-state index in [1.165, 1.54) is 0 Å². The fraction of sp³-hybridized carbons (Fsp3) is 0.385. The van der Waals surface area contributed by atoms with Crippen LogP contribution in [0.25, 0.3) is 0 Å². The molecule has 1 aromatic rings. The maximum Gasteiger partial charge on any atom is 0.124 e. The molecule has 1 atom stereocenters. The van der Waals surface area contributed by atoms with Gasteiger partial charge in [-0.15, -0.1) is 6.58 Å². The molecule has 2 N–H and O–H groups in total. The van der Waals surface area contributed by atoms with E-state index in [1.807, 2.05) is 32.0 Å². The summed E-state index contributed by atoms with van der Waals surface area (Å²) in [6.45, 7) is 8.35. The highest BCUT2D eigenvalue weighted by molar-refractivity contribution is 6.30. The fourth-order valence-corrected chi connectivity index (χ4v) is 1.52. The zero-order chi connectivity index (χ0) is 12.1. The SMILES string of the molecule is C=C(C)CCOc1ccc(Cl)cc1[C@@H](C)N. The van der Waals surface area contributed by atoms with Gasteiger partial charge in [-0.1, -0.05) is 17.2 Å². The maximum absolute atomic E-state index is 5.92. The van der Waals surface area contributed by atoms with Crippen LogP contribution in [0.5, 0.6) is 5.75 Å². The third-order valence-electron chi connectivity index (χ3n) is 2.25. The van der Waals surface area contributed by atoms with Crippen molar-refractivity contribution in [3.8, 4) is 5.75 Å². The molecule has 0 bridgehead atoms. The molecule has 0 fully saturated rings. The standard InChI is InChI=1S/C13H18ClNO/c1-9(2)6-7-16-13-5-4-11(14)8-12(13)10(3)15/h4-5,8,10H,1,6-7,15H2,2-3H3/t10-/m1/s1. The van der Waals surface area contributed by atoms with E-state index in [1.54, 1.807) is 0 Å². The van der Waals surface area contributed by atoms with E-state index in [0.29, 0.717) is 11.6 Å². The molecule has 0 aromatic heterocycles. The Morgan fingerprint density at radius 3 is 2.81 bits per heavy atom. The van der Waals surface area contributed by atoms with Gasteiger partial charge < -0.3 is 10.5 Å². The van der Waals surface area contributed by atoms with Crippen molar-refractivity contribution in [3.05, 3.63) is 40.9 Å². The van der Waals surface area contributed by atoms with Crippen LogP contribution >= 0.6 is 11.6 Å². The van der Waals surface area contributed by atoms with Crippen LogP contribution in [-0.2, 0) is 0 Å². The largest absolute Gasteiger partial charge is 0.493 e. The van der Waals surface area contributed by atoms with Gasteiger partial charge in [-0.3, -0.25) is 0 Å². The predicted molar refractivity (Wildman–Crippen MR) is 69.0 cm³/mol. The van der Waals surface area contributed by atoms with Crippen molar-refractivity contribution in [1.29, 1.82) is 0 Å². The summed E-state index contributed by atoms with van der Waals surface area (Å²) in [5.41, 5.74) is 7.91. The monoisotopic (exact) mass is 239 g/mol. The molecule has 1 rings (SSSR count). The summed E-state index contributed by atoms with van der Waals surface area (Å²) in [5.74, 6) is 0.806. The van der Waals surface area contributed by atoms with Gasteiger partial charge in [0.25, 0.3) is 0 Å². The Morgan fingerprint density at radius 2 is 2.25 bits per heavy atom. The number of hydrogen-bond donors (Lipinski definition) is 1. The second-order valence-electron chi connectivity index (χ2n) is 4.03. The molecular formula is C13H18ClNO. The van der Waals surface area contributed by atoms with Gasteiger partial charge >= 0.3 is 0 Å². The lowest BCUT2D eigenvalue weighted by molar-refractivity contribution is 0.317. The number of rotatable bonds is 5. The first-order chi connectivity index (χ1) is 7.50. The number of nitrogens with two attached hydrogens (primary N) is 1. The summed E-state index contributed by atoms with van der Waals surface area (Å²) in [5, 5.41) is 0.680. The van der Waals surface area contributed by atoms with Gasteiger partial charge in [0.15, 0.2) is 0 Å². The van der Waals surface area contributed by atoms with Crippen molar-refractivity contribution >= 4 is 11.6 Å². The lowest BCUT2D eigenvalue weighted by atomic mass is 10.1. The minimum Gasteiger partial charge on any atom is -0.493 e. The lowest BCUT2D eigenvalue weighted by Gasteiger charge is -2.14. The average molecular weight is 240 g/mol. The highest BCUT2D eigenvalue weighted by Crippen LogP contribution is 2.27. The fourth-order valence-electron chi connectivity index (χ4n) is 1.34. The van der Waals surface area contributed by atoms with Gasteiger partial charge in [-0.2, -0.15) is 0 Å². The van der Waals surface area contributed by atoms with Crippen molar-refractivity contribution in [2.24, 2.45) is 5.73 Å². The van der Waals surface area contributed by atoms with E-state index in [2.05, 4.69) is 6.58 Å². The normalized spacial score (nSPS) is 12.2. The zero-order valence-electron chi connectivity index (χ0n) is 9.79. The van der Waals surface area contributed by atoms with Crippen LogP contribution in [0, 0.1) is 0 Å². The Hall–Kier alpha value is -0.990. The minimum atomic E-state index is -0.0847. The topological polar surface area (TPSA) is 35.2 Å². The molecule has 88 valence electrons. The third kappa shape index (κ3) is 3.87. The minimum absolute atomic E-state index is 0.0847. The highest BCUT2D eigenvalue weighted by atomic mass is 35.5. The van der Waals surface area contributed by atoms with Gasteiger partial charge in [0.05, 0.1) is 6.61 Å². The molecule has 0 spiro atoms. The molecule has 16 heavy (non-hydrogen) atoms. The van der Waals surface area contributed by atoms with E-state index in [0.717, 1.165) is 23.3 Å². The molecule has 0 unspecified atom stereocenters. The van der Waals surface area contributed by atoms with Crippen LogP contribution in [0.3, 0.4) is 0 Å². The first-order valence-corrected chi connectivity index (χ1v) is 5.70. The predicted octanol–water partition coefficient (Wildman–Crippen LogP) is 3.70. The third-order valence-corrected chi connectivity index (χ3v) is 2.48.